The Kier molecular flexibility index (Phi) is 33.0. The minimum atomic E-state index is -0.943. The van der Waals surface area contributed by atoms with E-state index in [4.69, 9.17) is 0 Å². The molecule has 0 aliphatic rings. The number of aliphatic carboxylic acids is 2. The predicted octanol–water partition coefficient (Wildman–Crippen LogP) is 4.86. The fourth-order valence-corrected chi connectivity index (χ4v) is 2.58. The maximum atomic E-state index is 10.1. The van der Waals surface area contributed by atoms with Crippen LogP contribution in [-0.4, -0.2) is 11.9 Å². The van der Waals surface area contributed by atoms with Crippen molar-refractivity contribution < 1.29 is 39.3 Å². The minimum absolute atomic E-state index is 0. The van der Waals surface area contributed by atoms with Crippen LogP contribution in [0.25, 0.3) is 0 Å². The number of hydrogen-bond acceptors (Lipinski definition) is 4. The second-order valence-corrected chi connectivity index (χ2v) is 7.17. The zero-order chi connectivity index (χ0) is 21.3. The van der Waals surface area contributed by atoms with E-state index in [-0.39, 0.29) is 32.3 Å². The second-order valence-electron chi connectivity index (χ2n) is 7.17. The van der Waals surface area contributed by atoms with Gasteiger partial charge in [0.05, 0.1) is 0 Å². The summed E-state index contributed by atoms with van der Waals surface area (Å²) in [7, 11) is 0. The van der Waals surface area contributed by atoms with Crippen LogP contribution in [0.4, 0.5) is 0 Å². The van der Waals surface area contributed by atoms with Gasteiger partial charge >= 0.3 is 19.5 Å². The van der Waals surface area contributed by atoms with Gasteiger partial charge in [0.2, 0.25) is 0 Å². The molecule has 0 spiro atoms. The third-order valence-electron chi connectivity index (χ3n) is 4.29. The summed E-state index contributed by atoms with van der Waals surface area (Å²) in [5, 5.41) is 20.1. The Morgan fingerprint density at radius 2 is 0.862 bits per heavy atom. The quantitative estimate of drug-likeness (QED) is 0.166. The maximum Gasteiger partial charge on any atom is 2.00 e. The molecule has 0 aromatic heterocycles. The molecule has 0 amide bonds. The van der Waals surface area contributed by atoms with Gasteiger partial charge in [-0.3, -0.25) is 0 Å². The van der Waals surface area contributed by atoms with E-state index in [1.165, 1.54) is 51.4 Å². The number of unbranched alkanes of at least 4 members (excludes halogenated alkanes) is 10. The van der Waals surface area contributed by atoms with Gasteiger partial charge in [0.1, 0.15) is 0 Å². The molecule has 0 saturated carbocycles. The van der Waals surface area contributed by atoms with E-state index in [9.17, 15) is 19.8 Å². The molecule has 5 heteroatoms. The Morgan fingerprint density at radius 3 is 1.14 bits per heavy atom. The van der Waals surface area contributed by atoms with Gasteiger partial charge in [-0.2, -0.15) is 0 Å². The largest absolute Gasteiger partial charge is 2.00 e. The molecule has 4 nitrogen and oxygen atoms in total. The molecule has 0 heterocycles. The van der Waals surface area contributed by atoms with Crippen molar-refractivity contribution in [1.29, 1.82) is 0 Å². The Labute approximate surface area is 192 Å². The maximum absolute atomic E-state index is 10.1. The molecule has 164 valence electrons. The van der Waals surface area contributed by atoms with Crippen molar-refractivity contribution in [2.24, 2.45) is 0 Å². The van der Waals surface area contributed by atoms with Crippen molar-refractivity contribution in [2.45, 2.75) is 117 Å². The number of allylic oxidation sites excluding steroid dienone is 4. The first-order valence-electron chi connectivity index (χ1n) is 11.2. The van der Waals surface area contributed by atoms with Crippen molar-refractivity contribution >= 4 is 11.9 Å². The van der Waals surface area contributed by atoms with E-state index < -0.39 is 11.9 Å². The van der Waals surface area contributed by atoms with Gasteiger partial charge in [-0.1, -0.05) is 76.7 Å². The van der Waals surface area contributed by atoms with E-state index in [2.05, 4.69) is 38.2 Å². The summed E-state index contributed by atoms with van der Waals surface area (Å²) in [6, 6.07) is 0. The van der Waals surface area contributed by atoms with E-state index in [1.807, 2.05) is 0 Å². The molecular formula is C24H42O4Zn. The van der Waals surface area contributed by atoms with Crippen LogP contribution in [-0.2, 0) is 29.1 Å². The van der Waals surface area contributed by atoms with Crippen LogP contribution in [0.1, 0.15) is 117 Å². The molecule has 29 heavy (non-hydrogen) atoms. The number of carboxylic acids is 2. The zero-order valence-corrected chi connectivity index (χ0v) is 21.9. The summed E-state index contributed by atoms with van der Waals surface area (Å²) in [6.07, 6.45) is 24.5. The molecule has 0 aliphatic heterocycles. The Hall–Kier alpha value is -0.957. The average Bonchev–Trinajstić information content (AvgIpc) is 2.65. The first-order valence-corrected chi connectivity index (χ1v) is 11.2. The molecule has 0 rings (SSSR count). The third kappa shape index (κ3) is 38.3. The smallest absolute Gasteiger partial charge is 0.550 e. The summed E-state index contributed by atoms with van der Waals surface area (Å²) in [5.74, 6) is -1.89. The van der Waals surface area contributed by atoms with Gasteiger partial charge in [0.25, 0.3) is 0 Å². The normalized spacial score (nSPS) is 10.6. The van der Waals surface area contributed by atoms with Crippen LogP contribution in [0.15, 0.2) is 24.3 Å². The summed E-state index contributed by atoms with van der Waals surface area (Å²) < 4.78 is 0. The number of hydrogen-bond donors (Lipinski definition) is 0. The first kappa shape index (κ1) is 32.7. The van der Waals surface area contributed by atoms with Crippen molar-refractivity contribution in [3.63, 3.8) is 0 Å². The summed E-state index contributed by atoms with van der Waals surface area (Å²) in [4.78, 5) is 20.1. The molecule has 0 aromatic carbocycles. The molecule has 0 unspecified atom stereocenters. The van der Waals surface area contributed by atoms with Crippen LogP contribution in [0.5, 0.6) is 0 Å². The van der Waals surface area contributed by atoms with Crippen LogP contribution in [0, 0.1) is 0 Å². The first-order chi connectivity index (χ1) is 13.5. The molecule has 0 fully saturated rings. The van der Waals surface area contributed by atoms with Crippen molar-refractivity contribution in [2.75, 3.05) is 0 Å². The van der Waals surface area contributed by atoms with E-state index >= 15 is 0 Å². The Bertz CT molecular complexity index is 368. The molecule has 0 aliphatic carbocycles. The van der Waals surface area contributed by atoms with Crippen molar-refractivity contribution in [1.82, 2.24) is 0 Å². The van der Waals surface area contributed by atoms with Gasteiger partial charge in [0, 0.05) is 11.9 Å². The zero-order valence-electron chi connectivity index (χ0n) is 19.0. The molecule has 0 saturated heterocycles. The predicted molar refractivity (Wildman–Crippen MR) is 114 cm³/mol. The van der Waals surface area contributed by atoms with E-state index in [0.717, 1.165) is 25.7 Å². The van der Waals surface area contributed by atoms with Gasteiger partial charge in [-0.25, -0.2) is 0 Å². The minimum Gasteiger partial charge on any atom is -0.550 e. The monoisotopic (exact) mass is 458 g/mol. The van der Waals surface area contributed by atoms with Crippen LogP contribution >= 0.6 is 0 Å². The molecule has 0 atom stereocenters. The molecule has 0 N–H and O–H groups in total. The van der Waals surface area contributed by atoms with Gasteiger partial charge in [-0.05, 0) is 64.2 Å². The van der Waals surface area contributed by atoms with Gasteiger partial charge in [-0.15, -0.1) is 0 Å². The standard InChI is InChI=1S/2C12H22O2.Zn/c2*1-2-3-4-5-6-7-8-9-10-11-12(13)14;/h2*7-8H,2-6,9-11H2,1H3,(H,13,14);/q;;+2/p-2. The van der Waals surface area contributed by atoms with Gasteiger partial charge in [0.15, 0.2) is 0 Å². The number of carbonyl (C=O) groups excluding carboxylic acids is 2. The second kappa shape index (κ2) is 29.2. The van der Waals surface area contributed by atoms with Crippen molar-refractivity contribution in [3.05, 3.63) is 24.3 Å². The van der Waals surface area contributed by atoms with Crippen LogP contribution in [0.3, 0.4) is 0 Å². The van der Waals surface area contributed by atoms with Crippen LogP contribution < -0.4 is 10.2 Å². The average molecular weight is 460 g/mol. The summed E-state index contributed by atoms with van der Waals surface area (Å²) >= 11 is 0. The number of rotatable bonds is 18. The SMILES string of the molecule is CCCCCCC=CCCCC(=O)[O-].CCCCCCC=CCCCC(=O)[O-].[Zn+2]. The fraction of sp³-hybridized carbons (Fsp3) is 0.750. The fourth-order valence-electron chi connectivity index (χ4n) is 2.58. The number of carboxylic acid groups (broad SMARTS) is 2. The summed E-state index contributed by atoms with van der Waals surface area (Å²) in [6.45, 7) is 4.41. The Morgan fingerprint density at radius 1 is 0.552 bits per heavy atom. The third-order valence-corrected chi connectivity index (χ3v) is 4.29. The molecule has 0 aromatic rings. The molecular weight excluding hydrogens is 418 g/mol. The van der Waals surface area contributed by atoms with Crippen LogP contribution in [0.2, 0.25) is 0 Å². The van der Waals surface area contributed by atoms with Crippen molar-refractivity contribution in [3.8, 4) is 0 Å². The van der Waals surface area contributed by atoms with E-state index in [0.29, 0.717) is 12.8 Å². The van der Waals surface area contributed by atoms with E-state index in [1.54, 1.807) is 0 Å². The van der Waals surface area contributed by atoms with Gasteiger partial charge < -0.3 is 19.8 Å². The molecule has 0 radical (unpaired) electrons. The topological polar surface area (TPSA) is 80.3 Å². The molecule has 0 bridgehead atoms. The Balaban J connectivity index is -0.000000451. The number of carbonyl (C=O) groups is 2. The summed E-state index contributed by atoms with van der Waals surface area (Å²) in [5.41, 5.74) is 0.